The van der Waals surface area contributed by atoms with Gasteiger partial charge in [-0.1, -0.05) is 20.8 Å². The highest BCUT2D eigenvalue weighted by molar-refractivity contribution is 7.11. The predicted octanol–water partition coefficient (Wildman–Crippen LogP) is 3.46. The topological polar surface area (TPSA) is 24.9 Å². The predicted molar refractivity (Wildman–Crippen MR) is 67.5 cm³/mol. The highest BCUT2D eigenvalue weighted by atomic mass is 32.1. The molecule has 0 aromatic carbocycles. The lowest BCUT2D eigenvalue weighted by molar-refractivity contribution is 0.536. The Labute approximate surface area is 97.1 Å². The summed E-state index contributed by atoms with van der Waals surface area (Å²) in [6, 6.07) is 0.592. The van der Waals surface area contributed by atoms with Gasteiger partial charge in [0.05, 0.1) is 10.7 Å². The Morgan fingerprint density at radius 1 is 1.33 bits per heavy atom. The van der Waals surface area contributed by atoms with Gasteiger partial charge in [-0.25, -0.2) is 4.98 Å². The van der Waals surface area contributed by atoms with Gasteiger partial charge in [0.1, 0.15) is 0 Å². The van der Waals surface area contributed by atoms with Crippen molar-refractivity contribution in [2.75, 3.05) is 0 Å². The molecule has 0 spiro atoms. The second-order valence-electron chi connectivity index (χ2n) is 4.41. The molecule has 0 fully saturated rings. The highest BCUT2D eigenvalue weighted by Crippen LogP contribution is 2.24. The zero-order chi connectivity index (χ0) is 11.4. The first-order valence-corrected chi connectivity index (χ1v) is 6.55. The Morgan fingerprint density at radius 3 is 2.47 bits per heavy atom. The van der Waals surface area contributed by atoms with Crippen LogP contribution >= 0.6 is 11.3 Å². The molecule has 1 unspecified atom stereocenters. The van der Waals surface area contributed by atoms with E-state index in [1.807, 2.05) is 11.3 Å². The lowest BCUT2D eigenvalue weighted by atomic mass is 10.2. The molecule has 1 aromatic rings. The van der Waals surface area contributed by atoms with Crippen molar-refractivity contribution < 1.29 is 0 Å². The van der Waals surface area contributed by atoms with E-state index in [2.05, 4.69) is 44.9 Å². The first-order valence-electron chi connectivity index (χ1n) is 5.74. The molecule has 0 saturated heterocycles. The number of aryl methyl sites for hydroxylation is 1. The molecule has 0 aliphatic carbocycles. The number of hydrogen-bond donors (Lipinski definition) is 1. The highest BCUT2D eigenvalue weighted by Gasteiger charge is 2.10. The van der Waals surface area contributed by atoms with Crippen LogP contribution in [-0.4, -0.2) is 11.0 Å². The number of rotatable bonds is 5. The van der Waals surface area contributed by atoms with Crippen LogP contribution < -0.4 is 5.32 Å². The van der Waals surface area contributed by atoms with Crippen LogP contribution in [0.5, 0.6) is 0 Å². The molecule has 1 heterocycles. The van der Waals surface area contributed by atoms with Crippen LogP contribution in [-0.2, 0) is 6.54 Å². The molecule has 0 saturated carbocycles. The fourth-order valence-corrected chi connectivity index (χ4v) is 2.29. The smallest absolute Gasteiger partial charge is 0.0956 e. The van der Waals surface area contributed by atoms with Crippen LogP contribution in [0.1, 0.15) is 55.6 Å². The van der Waals surface area contributed by atoms with E-state index >= 15 is 0 Å². The van der Waals surface area contributed by atoms with Crippen LogP contribution in [0.15, 0.2) is 0 Å². The monoisotopic (exact) mass is 226 g/mol. The SMILES string of the molecule is CCC(C)NCc1sc(C(C)C)nc1C. The zero-order valence-electron chi connectivity index (χ0n) is 10.4. The normalized spacial score (nSPS) is 13.5. The van der Waals surface area contributed by atoms with Gasteiger partial charge in [0.25, 0.3) is 0 Å². The van der Waals surface area contributed by atoms with E-state index in [4.69, 9.17) is 0 Å². The van der Waals surface area contributed by atoms with Crippen molar-refractivity contribution in [2.45, 2.75) is 59.5 Å². The summed E-state index contributed by atoms with van der Waals surface area (Å²) in [7, 11) is 0. The molecular weight excluding hydrogens is 204 g/mol. The molecule has 1 aromatic heterocycles. The largest absolute Gasteiger partial charge is 0.309 e. The third-order valence-electron chi connectivity index (χ3n) is 2.63. The van der Waals surface area contributed by atoms with E-state index in [9.17, 15) is 0 Å². The van der Waals surface area contributed by atoms with E-state index in [-0.39, 0.29) is 0 Å². The van der Waals surface area contributed by atoms with Crippen molar-refractivity contribution >= 4 is 11.3 Å². The Bertz CT molecular complexity index is 305. The molecule has 1 atom stereocenters. The lowest BCUT2D eigenvalue weighted by Gasteiger charge is -2.09. The Hall–Kier alpha value is -0.410. The fourth-order valence-electron chi connectivity index (χ4n) is 1.27. The minimum absolute atomic E-state index is 0.547. The summed E-state index contributed by atoms with van der Waals surface area (Å²) in [5.41, 5.74) is 1.19. The van der Waals surface area contributed by atoms with Crippen molar-refractivity contribution in [3.05, 3.63) is 15.6 Å². The second kappa shape index (κ2) is 5.61. The van der Waals surface area contributed by atoms with E-state index in [0.29, 0.717) is 12.0 Å². The van der Waals surface area contributed by atoms with Gasteiger partial charge in [-0.15, -0.1) is 11.3 Å². The van der Waals surface area contributed by atoms with Crippen LogP contribution in [0, 0.1) is 6.92 Å². The zero-order valence-corrected chi connectivity index (χ0v) is 11.2. The summed E-state index contributed by atoms with van der Waals surface area (Å²) in [6.45, 7) is 11.9. The average Bonchev–Trinajstić information content (AvgIpc) is 2.56. The Morgan fingerprint density at radius 2 is 2.00 bits per heavy atom. The molecule has 2 nitrogen and oxygen atoms in total. The van der Waals surface area contributed by atoms with Crippen molar-refractivity contribution in [1.82, 2.24) is 10.3 Å². The minimum Gasteiger partial charge on any atom is -0.309 e. The molecule has 1 N–H and O–H groups in total. The number of nitrogens with one attached hydrogen (secondary N) is 1. The summed E-state index contributed by atoms with van der Waals surface area (Å²) in [5, 5.41) is 4.77. The van der Waals surface area contributed by atoms with Crippen molar-refractivity contribution in [1.29, 1.82) is 0 Å². The third kappa shape index (κ3) is 3.58. The standard InChI is InChI=1S/C12H22N2S/c1-6-9(4)13-7-11-10(5)14-12(15-11)8(2)3/h8-9,13H,6-7H2,1-5H3. The molecule has 86 valence electrons. The van der Waals surface area contributed by atoms with E-state index in [1.165, 1.54) is 22.0 Å². The molecule has 0 amide bonds. The van der Waals surface area contributed by atoms with Crippen molar-refractivity contribution in [3.8, 4) is 0 Å². The summed E-state index contributed by atoms with van der Waals surface area (Å²) in [6.07, 6.45) is 1.18. The Balaban J connectivity index is 2.61. The molecule has 0 bridgehead atoms. The maximum atomic E-state index is 4.59. The van der Waals surface area contributed by atoms with Gasteiger partial charge in [-0.05, 0) is 20.3 Å². The van der Waals surface area contributed by atoms with Gasteiger partial charge in [0.2, 0.25) is 0 Å². The molecule has 0 radical (unpaired) electrons. The van der Waals surface area contributed by atoms with Gasteiger partial charge in [-0.2, -0.15) is 0 Å². The number of aromatic nitrogens is 1. The number of thiazole rings is 1. The van der Waals surface area contributed by atoms with Gasteiger partial charge in [0.15, 0.2) is 0 Å². The average molecular weight is 226 g/mol. The molecular formula is C12H22N2S. The number of hydrogen-bond acceptors (Lipinski definition) is 3. The molecule has 0 aliphatic rings. The molecule has 15 heavy (non-hydrogen) atoms. The Kier molecular flexibility index (Phi) is 4.74. The second-order valence-corrected chi connectivity index (χ2v) is 5.52. The summed E-state index contributed by atoms with van der Waals surface area (Å²) < 4.78 is 0. The third-order valence-corrected chi connectivity index (χ3v) is 4.08. The minimum atomic E-state index is 0.547. The van der Waals surface area contributed by atoms with Gasteiger partial charge < -0.3 is 5.32 Å². The maximum absolute atomic E-state index is 4.59. The van der Waals surface area contributed by atoms with Crippen LogP contribution in [0.4, 0.5) is 0 Å². The van der Waals surface area contributed by atoms with Gasteiger partial charge >= 0.3 is 0 Å². The van der Waals surface area contributed by atoms with E-state index < -0.39 is 0 Å². The summed E-state index contributed by atoms with van der Waals surface area (Å²) in [4.78, 5) is 5.98. The van der Waals surface area contributed by atoms with Gasteiger partial charge in [-0.3, -0.25) is 0 Å². The van der Waals surface area contributed by atoms with Gasteiger partial charge in [0, 0.05) is 23.4 Å². The van der Waals surface area contributed by atoms with Crippen LogP contribution in [0.3, 0.4) is 0 Å². The van der Waals surface area contributed by atoms with Crippen molar-refractivity contribution in [3.63, 3.8) is 0 Å². The fraction of sp³-hybridized carbons (Fsp3) is 0.750. The summed E-state index contributed by atoms with van der Waals surface area (Å²) in [5.74, 6) is 0.547. The first kappa shape index (κ1) is 12.7. The molecule has 3 heteroatoms. The van der Waals surface area contributed by atoms with E-state index in [1.54, 1.807) is 0 Å². The maximum Gasteiger partial charge on any atom is 0.0956 e. The quantitative estimate of drug-likeness (QED) is 0.831. The lowest BCUT2D eigenvalue weighted by Crippen LogP contribution is -2.24. The van der Waals surface area contributed by atoms with E-state index in [0.717, 1.165) is 6.54 Å². The first-order chi connectivity index (χ1) is 7.04. The number of nitrogens with zero attached hydrogens (tertiary/aromatic N) is 1. The van der Waals surface area contributed by atoms with Crippen molar-refractivity contribution in [2.24, 2.45) is 0 Å². The molecule has 1 rings (SSSR count). The van der Waals surface area contributed by atoms with Crippen LogP contribution in [0.25, 0.3) is 0 Å². The van der Waals surface area contributed by atoms with Crippen LogP contribution in [0.2, 0.25) is 0 Å². The molecule has 0 aliphatic heterocycles. The summed E-state index contributed by atoms with van der Waals surface area (Å²) >= 11 is 1.85.